The van der Waals surface area contributed by atoms with E-state index in [-0.39, 0.29) is 12.1 Å². The highest BCUT2D eigenvalue weighted by atomic mass is 35.5. The van der Waals surface area contributed by atoms with Crippen LogP contribution in [0.4, 0.5) is 5.69 Å². The van der Waals surface area contributed by atoms with Crippen molar-refractivity contribution in [3.05, 3.63) is 21.6 Å². The largest absolute Gasteiger partial charge is 0.379 e. The van der Waals surface area contributed by atoms with E-state index in [1.54, 1.807) is 0 Å². The number of rotatable bonds is 5. The third kappa shape index (κ3) is 4.25. The van der Waals surface area contributed by atoms with Gasteiger partial charge in [0, 0.05) is 6.54 Å². The van der Waals surface area contributed by atoms with Gasteiger partial charge in [0.2, 0.25) is 0 Å². The molecule has 0 bridgehead atoms. The first-order valence-electron chi connectivity index (χ1n) is 7.54. The Bertz CT molecular complexity index is 568. The Morgan fingerprint density at radius 3 is 2.86 bits per heavy atom. The third-order valence-electron chi connectivity index (χ3n) is 4.23. The molecular weight excluding hydrogens is 286 g/mol. The fourth-order valence-electron chi connectivity index (χ4n) is 2.85. The predicted molar refractivity (Wildman–Crippen MR) is 86.6 cm³/mol. The first kappa shape index (κ1) is 15.9. The van der Waals surface area contributed by atoms with Crippen molar-refractivity contribution in [1.29, 1.82) is 0 Å². The molecule has 1 aliphatic rings. The maximum absolute atomic E-state index is 12.2. The van der Waals surface area contributed by atoms with Gasteiger partial charge in [0.15, 0.2) is 0 Å². The van der Waals surface area contributed by atoms with Gasteiger partial charge in [0.1, 0.15) is 12.2 Å². The molecule has 0 aromatic carbocycles. The highest BCUT2D eigenvalue weighted by Gasteiger charge is 2.18. The molecule has 0 unspecified atom stereocenters. The summed E-state index contributed by atoms with van der Waals surface area (Å²) in [7, 11) is 0. The van der Waals surface area contributed by atoms with Crippen LogP contribution in [0, 0.1) is 24.2 Å². The van der Waals surface area contributed by atoms with Crippen molar-refractivity contribution in [2.24, 2.45) is 11.8 Å². The van der Waals surface area contributed by atoms with E-state index in [4.69, 9.17) is 18.0 Å². The van der Waals surface area contributed by atoms with E-state index in [0.29, 0.717) is 10.7 Å². The van der Waals surface area contributed by atoms with Crippen molar-refractivity contribution in [3.8, 4) is 12.3 Å². The van der Waals surface area contributed by atoms with Crippen molar-refractivity contribution in [3.63, 3.8) is 0 Å². The van der Waals surface area contributed by atoms with Gasteiger partial charge < -0.3 is 5.32 Å². The molecule has 1 aliphatic carbocycles. The fraction of sp³-hybridized carbons (Fsp3) is 0.625. The average molecular weight is 308 g/mol. The lowest BCUT2D eigenvalue weighted by Gasteiger charge is -2.26. The summed E-state index contributed by atoms with van der Waals surface area (Å²) >= 11 is 6.05. The molecule has 1 heterocycles. The summed E-state index contributed by atoms with van der Waals surface area (Å²) in [5, 5.41) is 7.44. The number of hydrogen-bond acceptors (Lipinski definition) is 3. The number of halogens is 1. The van der Waals surface area contributed by atoms with Gasteiger partial charge >= 0.3 is 0 Å². The normalized spacial score (nSPS) is 21.8. The third-order valence-corrected chi connectivity index (χ3v) is 4.52. The Morgan fingerprint density at radius 2 is 2.19 bits per heavy atom. The summed E-state index contributed by atoms with van der Waals surface area (Å²) in [4.78, 5) is 12.2. The van der Waals surface area contributed by atoms with Crippen LogP contribution in [0.2, 0.25) is 5.02 Å². The Kier molecular flexibility index (Phi) is 5.69. The number of aromatic nitrogens is 2. The number of anilines is 1. The van der Waals surface area contributed by atoms with Gasteiger partial charge in [-0.3, -0.25) is 4.79 Å². The zero-order chi connectivity index (χ0) is 15.2. The van der Waals surface area contributed by atoms with Gasteiger partial charge in [-0.05, 0) is 18.3 Å². The first-order valence-corrected chi connectivity index (χ1v) is 7.92. The van der Waals surface area contributed by atoms with Crippen molar-refractivity contribution >= 4 is 17.3 Å². The molecule has 0 atom stereocenters. The Morgan fingerprint density at radius 1 is 1.48 bits per heavy atom. The molecular formula is C16H22ClN3O. The van der Waals surface area contributed by atoms with E-state index >= 15 is 0 Å². The topological polar surface area (TPSA) is 46.9 Å². The van der Waals surface area contributed by atoms with Crippen molar-refractivity contribution in [2.75, 3.05) is 11.9 Å². The summed E-state index contributed by atoms with van der Waals surface area (Å²) in [5.74, 6) is 4.03. The average Bonchev–Trinajstić information content (AvgIpc) is 2.48. The van der Waals surface area contributed by atoms with Crippen LogP contribution >= 0.6 is 11.6 Å². The first-order chi connectivity index (χ1) is 10.1. The lowest BCUT2D eigenvalue weighted by molar-refractivity contribution is 0.282. The molecule has 1 aromatic heterocycles. The lowest BCUT2D eigenvalue weighted by Crippen LogP contribution is -2.26. The number of terminal acetylenes is 1. The van der Waals surface area contributed by atoms with Gasteiger partial charge in [-0.2, -0.15) is 5.10 Å². The van der Waals surface area contributed by atoms with Crippen LogP contribution in [-0.2, 0) is 6.54 Å². The summed E-state index contributed by atoms with van der Waals surface area (Å²) in [6.45, 7) is 3.23. The highest BCUT2D eigenvalue weighted by Crippen LogP contribution is 2.30. The summed E-state index contributed by atoms with van der Waals surface area (Å²) < 4.78 is 1.25. The molecule has 1 fully saturated rings. The fourth-order valence-corrected chi connectivity index (χ4v) is 3.04. The molecule has 0 aliphatic heterocycles. The quantitative estimate of drug-likeness (QED) is 0.850. The molecule has 1 saturated carbocycles. The van der Waals surface area contributed by atoms with Crippen LogP contribution < -0.4 is 10.9 Å². The smallest absolute Gasteiger partial charge is 0.292 e. The predicted octanol–water partition coefficient (Wildman–Crippen LogP) is 3.16. The molecule has 4 nitrogen and oxygen atoms in total. The second-order valence-electron chi connectivity index (χ2n) is 5.88. The van der Waals surface area contributed by atoms with Gasteiger partial charge in [-0.15, -0.1) is 6.42 Å². The number of nitrogens with zero attached hydrogens (tertiary/aromatic N) is 2. The van der Waals surface area contributed by atoms with Crippen LogP contribution in [0.1, 0.15) is 39.0 Å². The van der Waals surface area contributed by atoms with Crippen molar-refractivity contribution in [2.45, 2.75) is 45.6 Å². The van der Waals surface area contributed by atoms with Crippen molar-refractivity contribution < 1.29 is 0 Å². The molecule has 0 amide bonds. The molecule has 2 rings (SSSR count). The maximum Gasteiger partial charge on any atom is 0.292 e. The Labute approximate surface area is 130 Å². The Balaban J connectivity index is 1.92. The second-order valence-corrected chi connectivity index (χ2v) is 6.28. The summed E-state index contributed by atoms with van der Waals surface area (Å²) in [6, 6.07) is 0. The van der Waals surface area contributed by atoms with Gasteiger partial charge in [-0.25, -0.2) is 4.68 Å². The van der Waals surface area contributed by atoms with Crippen LogP contribution in [0.25, 0.3) is 0 Å². The van der Waals surface area contributed by atoms with E-state index in [1.807, 2.05) is 0 Å². The second kappa shape index (κ2) is 7.51. The van der Waals surface area contributed by atoms with Gasteiger partial charge in [0.05, 0.1) is 11.2 Å². The van der Waals surface area contributed by atoms with Crippen LogP contribution in [0.5, 0.6) is 0 Å². The van der Waals surface area contributed by atoms with E-state index < -0.39 is 0 Å². The van der Waals surface area contributed by atoms with Crippen LogP contribution in [-0.4, -0.2) is 16.3 Å². The SMILES string of the molecule is C#CCn1ncc(Cl)c(NCCC2CCC(C)CC2)c1=O. The molecule has 0 saturated heterocycles. The number of nitrogens with one attached hydrogen (secondary N) is 1. The summed E-state index contributed by atoms with van der Waals surface area (Å²) in [5.41, 5.74) is 0.156. The van der Waals surface area contributed by atoms with Crippen LogP contribution in [0.3, 0.4) is 0 Å². The number of hydrogen-bond donors (Lipinski definition) is 1. The molecule has 0 radical (unpaired) electrons. The van der Waals surface area contributed by atoms with E-state index in [9.17, 15) is 4.79 Å². The minimum Gasteiger partial charge on any atom is -0.379 e. The molecule has 21 heavy (non-hydrogen) atoms. The lowest BCUT2D eigenvalue weighted by atomic mass is 9.81. The molecule has 1 aromatic rings. The van der Waals surface area contributed by atoms with E-state index in [2.05, 4.69) is 23.3 Å². The monoisotopic (exact) mass is 307 g/mol. The standard InChI is InChI=1S/C16H22ClN3O/c1-3-10-20-16(21)15(14(17)11-19-20)18-9-8-13-6-4-12(2)5-7-13/h1,11-13,18H,4-10H2,2H3. The van der Waals surface area contributed by atoms with Gasteiger partial charge in [-0.1, -0.05) is 50.1 Å². The maximum atomic E-state index is 12.2. The summed E-state index contributed by atoms with van der Waals surface area (Å²) in [6.07, 6.45) is 13.0. The molecule has 114 valence electrons. The van der Waals surface area contributed by atoms with Crippen LogP contribution in [0.15, 0.2) is 11.0 Å². The zero-order valence-electron chi connectivity index (χ0n) is 12.4. The minimum atomic E-state index is -0.252. The van der Waals surface area contributed by atoms with E-state index in [0.717, 1.165) is 24.8 Å². The molecule has 1 N–H and O–H groups in total. The van der Waals surface area contributed by atoms with Crippen molar-refractivity contribution in [1.82, 2.24) is 9.78 Å². The highest BCUT2D eigenvalue weighted by molar-refractivity contribution is 6.32. The molecule has 0 spiro atoms. The van der Waals surface area contributed by atoms with Gasteiger partial charge in [0.25, 0.3) is 5.56 Å². The minimum absolute atomic E-state index is 0.158. The zero-order valence-corrected chi connectivity index (χ0v) is 13.2. The Hall–Kier alpha value is -1.47. The van der Waals surface area contributed by atoms with E-state index in [1.165, 1.54) is 36.6 Å². The molecule has 5 heteroatoms.